The summed E-state index contributed by atoms with van der Waals surface area (Å²) >= 11 is 5.80. The monoisotopic (exact) mass is 333 g/mol. The average molecular weight is 334 g/mol. The van der Waals surface area contributed by atoms with E-state index >= 15 is 0 Å². The Labute approximate surface area is 138 Å². The molecular weight excluding hydrogens is 318 g/mol. The van der Waals surface area contributed by atoms with Gasteiger partial charge < -0.3 is 15.7 Å². The second kappa shape index (κ2) is 7.11. The van der Waals surface area contributed by atoms with Gasteiger partial charge in [0, 0.05) is 23.4 Å². The summed E-state index contributed by atoms with van der Waals surface area (Å²) in [5.74, 6) is -0.504. The summed E-state index contributed by atoms with van der Waals surface area (Å²) in [5, 5.41) is 14.8. The molecule has 2 amide bonds. The molecule has 120 valence electrons. The molecule has 1 heterocycles. The topological polar surface area (TPSA) is 91.3 Å². The second-order valence-corrected chi connectivity index (χ2v) is 5.60. The zero-order valence-electron chi connectivity index (χ0n) is 12.6. The summed E-state index contributed by atoms with van der Waals surface area (Å²) in [6.45, 7) is 3.53. The Morgan fingerprint density at radius 2 is 1.91 bits per heavy atom. The number of phenols is 1. The van der Waals surface area contributed by atoms with Crippen LogP contribution < -0.4 is 10.6 Å². The number of nitrogens with zero attached hydrogens (tertiary/aromatic N) is 1. The maximum Gasteiger partial charge on any atom is 0.255 e. The number of aromatic nitrogens is 1. The summed E-state index contributed by atoms with van der Waals surface area (Å²) in [6, 6.07) is 7.37. The minimum atomic E-state index is -0.380. The van der Waals surface area contributed by atoms with Gasteiger partial charge in [-0.05, 0) is 30.3 Å². The van der Waals surface area contributed by atoms with Gasteiger partial charge in [0.05, 0.1) is 5.02 Å². The molecule has 0 saturated heterocycles. The predicted octanol–water partition coefficient (Wildman–Crippen LogP) is 3.29. The number of nitrogens with one attached hydrogen (secondary N) is 2. The van der Waals surface area contributed by atoms with Crippen LogP contribution in [0.4, 0.5) is 11.5 Å². The highest BCUT2D eigenvalue weighted by Crippen LogP contribution is 2.26. The quantitative estimate of drug-likeness (QED) is 0.749. The van der Waals surface area contributed by atoms with E-state index < -0.39 is 0 Å². The molecule has 2 aromatic rings. The fourth-order valence-corrected chi connectivity index (χ4v) is 1.88. The summed E-state index contributed by atoms with van der Waals surface area (Å²) in [4.78, 5) is 27.9. The first-order valence-electron chi connectivity index (χ1n) is 6.93. The van der Waals surface area contributed by atoms with E-state index in [1.807, 2.05) is 0 Å². The van der Waals surface area contributed by atoms with Gasteiger partial charge in [0.25, 0.3) is 5.91 Å². The number of amides is 2. The molecule has 0 aliphatic rings. The SMILES string of the molecule is CC(C)C(=O)Nc1cc(C(=O)Nc2ccc(O)c(Cl)c2)ccn1. The van der Waals surface area contributed by atoms with E-state index in [4.69, 9.17) is 11.6 Å². The van der Waals surface area contributed by atoms with Crippen molar-refractivity contribution in [2.45, 2.75) is 13.8 Å². The van der Waals surface area contributed by atoms with Crippen molar-refractivity contribution in [3.63, 3.8) is 0 Å². The van der Waals surface area contributed by atoms with Gasteiger partial charge in [-0.2, -0.15) is 0 Å². The molecule has 6 nitrogen and oxygen atoms in total. The van der Waals surface area contributed by atoms with E-state index in [0.29, 0.717) is 17.1 Å². The Morgan fingerprint density at radius 1 is 1.17 bits per heavy atom. The smallest absolute Gasteiger partial charge is 0.255 e. The van der Waals surface area contributed by atoms with Crippen molar-refractivity contribution >= 4 is 34.9 Å². The van der Waals surface area contributed by atoms with Crippen LogP contribution in [0.3, 0.4) is 0 Å². The van der Waals surface area contributed by atoms with Crippen LogP contribution >= 0.6 is 11.6 Å². The lowest BCUT2D eigenvalue weighted by molar-refractivity contribution is -0.118. The van der Waals surface area contributed by atoms with Crippen molar-refractivity contribution in [1.82, 2.24) is 4.98 Å². The van der Waals surface area contributed by atoms with Crippen molar-refractivity contribution in [2.75, 3.05) is 10.6 Å². The third-order valence-corrected chi connectivity index (χ3v) is 3.31. The number of rotatable bonds is 4. The molecular formula is C16H16ClN3O3. The Bertz CT molecular complexity index is 747. The Balaban J connectivity index is 2.13. The molecule has 0 fully saturated rings. The number of phenolic OH excluding ortho intramolecular Hbond substituents is 1. The van der Waals surface area contributed by atoms with Gasteiger partial charge in [-0.3, -0.25) is 9.59 Å². The lowest BCUT2D eigenvalue weighted by atomic mass is 10.2. The standard InChI is InChI=1S/C16H16ClN3O3/c1-9(2)15(22)20-14-7-10(5-6-18-14)16(23)19-11-3-4-13(21)12(17)8-11/h3-9,21H,1-2H3,(H,19,23)(H,18,20,22). The molecule has 0 aliphatic carbocycles. The predicted molar refractivity (Wildman–Crippen MR) is 88.8 cm³/mol. The van der Waals surface area contributed by atoms with Crippen LogP contribution in [0.5, 0.6) is 5.75 Å². The van der Waals surface area contributed by atoms with Crippen LogP contribution in [0.2, 0.25) is 5.02 Å². The highest BCUT2D eigenvalue weighted by Gasteiger charge is 2.11. The molecule has 0 bridgehead atoms. The fraction of sp³-hybridized carbons (Fsp3) is 0.188. The van der Waals surface area contributed by atoms with Gasteiger partial charge in [-0.15, -0.1) is 0 Å². The van der Waals surface area contributed by atoms with E-state index in [9.17, 15) is 14.7 Å². The molecule has 3 N–H and O–H groups in total. The van der Waals surface area contributed by atoms with Crippen LogP contribution in [-0.4, -0.2) is 21.9 Å². The number of anilines is 2. The molecule has 0 spiro atoms. The minimum Gasteiger partial charge on any atom is -0.506 e. The first-order chi connectivity index (χ1) is 10.9. The number of carbonyl (C=O) groups is 2. The van der Waals surface area contributed by atoms with Crippen LogP contribution in [0.25, 0.3) is 0 Å². The van der Waals surface area contributed by atoms with Gasteiger partial charge >= 0.3 is 0 Å². The van der Waals surface area contributed by atoms with Crippen molar-refractivity contribution < 1.29 is 14.7 Å². The molecule has 0 atom stereocenters. The third-order valence-electron chi connectivity index (χ3n) is 3.00. The van der Waals surface area contributed by atoms with Crippen LogP contribution in [-0.2, 0) is 4.79 Å². The van der Waals surface area contributed by atoms with E-state index in [1.165, 1.54) is 36.5 Å². The number of carbonyl (C=O) groups excluding carboxylic acids is 2. The van der Waals surface area contributed by atoms with Gasteiger partial charge in [0.15, 0.2) is 0 Å². The summed E-state index contributed by atoms with van der Waals surface area (Å²) < 4.78 is 0. The summed E-state index contributed by atoms with van der Waals surface area (Å²) in [7, 11) is 0. The van der Waals surface area contributed by atoms with Gasteiger partial charge in [0.2, 0.25) is 5.91 Å². The Hall–Kier alpha value is -2.60. The zero-order valence-corrected chi connectivity index (χ0v) is 13.4. The van der Waals surface area contributed by atoms with E-state index in [2.05, 4.69) is 15.6 Å². The van der Waals surface area contributed by atoms with Crippen LogP contribution in [0.1, 0.15) is 24.2 Å². The number of benzene rings is 1. The van der Waals surface area contributed by atoms with Gasteiger partial charge in [0.1, 0.15) is 11.6 Å². The number of halogens is 1. The van der Waals surface area contributed by atoms with Crippen molar-refractivity contribution in [2.24, 2.45) is 5.92 Å². The molecule has 2 rings (SSSR count). The molecule has 23 heavy (non-hydrogen) atoms. The van der Waals surface area contributed by atoms with E-state index in [0.717, 1.165) is 0 Å². The van der Waals surface area contributed by atoms with Crippen LogP contribution in [0.15, 0.2) is 36.5 Å². The molecule has 0 radical (unpaired) electrons. The van der Waals surface area contributed by atoms with Crippen molar-refractivity contribution in [1.29, 1.82) is 0 Å². The summed E-state index contributed by atoms with van der Waals surface area (Å²) in [6.07, 6.45) is 1.44. The van der Waals surface area contributed by atoms with E-state index in [-0.39, 0.29) is 28.5 Å². The fourth-order valence-electron chi connectivity index (χ4n) is 1.70. The largest absolute Gasteiger partial charge is 0.506 e. The minimum absolute atomic E-state index is 0.0627. The second-order valence-electron chi connectivity index (χ2n) is 5.19. The lowest BCUT2D eigenvalue weighted by Gasteiger charge is -2.09. The number of pyridine rings is 1. The maximum absolute atomic E-state index is 12.2. The Morgan fingerprint density at radius 3 is 2.57 bits per heavy atom. The first kappa shape index (κ1) is 16.8. The zero-order chi connectivity index (χ0) is 17.0. The van der Waals surface area contributed by atoms with Gasteiger partial charge in [-0.25, -0.2) is 4.98 Å². The van der Waals surface area contributed by atoms with Crippen molar-refractivity contribution in [3.05, 3.63) is 47.1 Å². The number of aromatic hydroxyl groups is 1. The maximum atomic E-state index is 12.2. The normalized spacial score (nSPS) is 10.4. The molecule has 0 saturated carbocycles. The molecule has 0 unspecified atom stereocenters. The summed E-state index contributed by atoms with van der Waals surface area (Å²) in [5.41, 5.74) is 0.783. The highest BCUT2D eigenvalue weighted by atomic mass is 35.5. The number of hydrogen-bond acceptors (Lipinski definition) is 4. The van der Waals surface area contributed by atoms with Crippen molar-refractivity contribution in [3.8, 4) is 5.75 Å². The molecule has 1 aromatic heterocycles. The van der Waals surface area contributed by atoms with Crippen LogP contribution in [0, 0.1) is 5.92 Å². The number of hydrogen-bond donors (Lipinski definition) is 3. The molecule has 1 aromatic carbocycles. The third kappa shape index (κ3) is 4.43. The van der Waals surface area contributed by atoms with Gasteiger partial charge in [-0.1, -0.05) is 25.4 Å². The molecule has 7 heteroatoms. The highest BCUT2D eigenvalue weighted by molar-refractivity contribution is 6.32. The average Bonchev–Trinajstić information content (AvgIpc) is 2.51. The molecule has 0 aliphatic heterocycles. The van der Waals surface area contributed by atoms with E-state index in [1.54, 1.807) is 13.8 Å². The Kier molecular flexibility index (Phi) is 5.18. The lowest BCUT2D eigenvalue weighted by Crippen LogP contribution is -2.19. The first-order valence-corrected chi connectivity index (χ1v) is 7.31.